The maximum Gasteiger partial charge on any atom is 0.241 e. The fraction of sp³-hybridized carbons (Fsp3) is 0.158. The van der Waals surface area contributed by atoms with Crippen molar-refractivity contribution in [1.29, 1.82) is 0 Å². The first-order valence-corrected chi connectivity index (χ1v) is 10.7. The minimum atomic E-state index is -3.77. The Bertz CT molecular complexity index is 1100. The van der Waals surface area contributed by atoms with Crippen LogP contribution >= 0.6 is 11.6 Å². The number of carbonyl (C=O) groups excluding carboxylic acids is 1. The van der Waals surface area contributed by atoms with E-state index in [-0.39, 0.29) is 17.3 Å². The Kier molecular flexibility index (Phi) is 6.19. The molecule has 0 atom stereocenters. The van der Waals surface area contributed by atoms with E-state index in [9.17, 15) is 17.6 Å². The smallest absolute Gasteiger partial charge is 0.241 e. The number of benzene rings is 2. The van der Waals surface area contributed by atoms with Gasteiger partial charge in [-0.15, -0.1) is 0 Å². The van der Waals surface area contributed by atoms with Crippen molar-refractivity contribution in [1.82, 2.24) is 14.9 Å². The molecule has 0 aliphatic heterocycles. The van der Waals surface area contributed by atoms with Gasteiger partial charge >= 0.3 is 0 Å². The Morgan fingerprint density at radius 3 is 2.55 bits per heavy atom. The summed E-state index contributed by atoms with van der Waals surface area (Å²) < 4.78 is 40.3. The van der Waals surface area contributed by atoms with Crippen molar-refractivity contribution in [2.45, 2.75) is 6.54 Å². The second-order valence-corrected chi connectivity index (χ2v) is 8.60. The third-order valence-corrected chi connectivity index (χ3v) is 5.54. The number of sulfonamides is 1. The van der Waals surface area contributed by atoms with Crippen LogP contribution in [0.3, 0.4) is 0 Å². The predicted octanol–water partition coefficient (Wildman–Crippen LogP) is 2.75. The van der Waals surface area contributed by atoms with E-state index < -0.39 is 28.3 Å². The molecule has 3 rings (SSSR count). The molecule has 7 nitrogen and oxygen atoms in total. The third kappa shape index (κ3) is 5.33. The van der Waals surface area contributed by atoms with Crippen LogP contribution in [-0.4, -0.2) is 36.7 Å². The molecule has 0 saturated carbocycles. The number of hydrogen-bond acceptors (Lipinski definition) is 4. The van der Waals surface area contributed by atoms with Gasteiger partial charge in [-0.1, -0.05) is 23.7 Å². The van der Waals surface area contributed by atoms with Gasteiger partial charge in [-0.3, -0.25) is 9.10 Å². The van der Waals surface area contributed by atoms with Crippen LogP contribution in [0.1, 0.15) is 5.56 Å². The highest BCUT2D eigenvalue weighted by molar-refractivity contribution is 7.92. The van der Waals surface area contributed by atoms with Crippen molar-refractivity contribution < 1.29 is 17.6 Å². The van der Waals surface area contributed by atoms with Crippen LogP contribution < -0.4 is 9.62 Å². The van der Waals surface area contributed by atoms with E-state index in [1.165, 1.54) is 12.1 Å². The lowest BCUT2D eigenvalue weighted by atomic mass is 10.2. The highest BCUT2D eigenvalue weighted by Crippen LogP contribution is 2.24. The molecule has 29 heavy (non-hydrogen) atoms. The summed E-state index contributed by atoms with van der Waals surface area (Å²) in [4.78, 5) is 16.3. The van der Waals surface area contributed by atoms with Crippen LogP contribution in [0.4, 0.5) is 10.1 Å². The van der Waals surface area contributed by atoms with Gasteiger partial charge in [-0.05, 0) is 35.9 Å². The molecule has 3 aromatic rings. The van der Waals surface area contributed by atoms with Gasteiger partial charge in [0.15, 0.2) is 0 Å². The summed E-state index contributed by atoms with van der Waals surface area (Å²) in [5.41, 5.74) is 1.88. The van der Waals surface area contributed by atoms with Gasteiger partial charge in [-0.2, -0.15) is 0 Å². The van der Waals surface area contributed by atoms with E-state index in [2.05, 4.69) is 10.3 Å². The van der Waals surface area contributed by atoms with Crippen LogP contribution in [0.15, 0.2) is 61.2 Å². The Morgan fingerprint density at radius 2 is 1.97 bits per heavy atom. The molecule has 1 heterocycles. The normalized spacial score (nSPS) is 11.3. The second-order valence-electron chi connectivity index (χ2n) is 6.28. The average molecular weight is 437 g/mol. The highest BCUT2D eigenvalue weighted by atomic mass is 35.5. The topological polar surface area (TPSA) is 84.3 Å². The monoisotopic (exact) mass is 436 g/mol. The van der Waals surface area contributed by atoms with Crippen LogP contribution in [0, 0.1) is 5.82 Å². The molecule has 2 aromatic carbocycles. The summed E-state index contributed by atoms with van der Waals surface area (Å²) in [6, 6.07) is 10.9. The minimum Gasteiger partial charge on any atom is -0.350 e. The van der Waals surface area contributed by atoms with Crippen molar-refractivity contribution in [2.24, 2.45) is 0 Å². The summed E-state index contributed by atoms with van der Waals surface area (Å²) in [5, 5.41) is 2.45. The lowest BCUT2D eigenvalue weighted by Gasteiger charge is -2.22. The molecular weight excluding hydrogens is 419 g/mol. The van der Waals surface area contributed by atoms with Crippen molar-refractivity contribution in [3.8, 4) is 5.69 Å². The third-order valence-electron chi connectivity index (χ3n) is 4.11. The molecule has 0 saturated heterocycles. The Balaban J connectivity index is 1.65. The number of amides is 1. The first kappa shape index (κ1) is 20.8. The molecule has 0 fully saturated rings. The summed E-state index contributed by atoms with van der Waals surface area (Å²) in [7, 11) is -3.77. The van der Waals surface area contributed by atoms with Gasteiger partial charge in [0.1, 0.15) is 12.4 Å². The summed E-state index contributed by atoms with van der Waals surface area (Å²) in [6.07, 6.45) is 6.14. The molecular formula is C19H18ClFN4O3S. The van der Waals surface area contributed by atoms with Gasteiger partial charge < -0.3 is 9.88 Å². The van der Waals surface area contributed by atoms with E-state index in [1.807, 2.05) is 35.0 Å². The molecule has 0 aliphatic rings. The van der Waals surface area contributed by atoms with Gasteiger partial charge in [0.2, 0.25) is 15.9 Å². The minimum absolute atomic E-state index is 0.110. The fourth-order valence-electron chi connectivity index (χ4n) is 2.62. The number of halogens is 2. The summed E-state index contributed by atoms with van der Waals surface area (Å²) in [6.45, 7) is -0.223. The van der Waals surface area contributed by atoms with E-state index in [0.717, 1.165) is 27.9 Å². The maximum atomic E-state index is 13.4. The number of nitrogens with zero attached hydrogens (tertiary/aromatic N) is 3. The molecule has 1 aromatic heterocycles. The van der Waals surface area contributed by atoms with Gasteiger partial charge in [-0.25, -0.2) is 17.8 Å². The second kappa shape index (κ2) is 8.62. The standard InChI is InChI=1S/C19H18ClFN4O3S/c1-29(27,28)25(16-6-7-18(21)17(20)10-16)12-19(26)23-11-14-2-4-15(5-3-14)24-9-8-22-13-24/h2-10,13H,11-12H2,1H3,(H,23,26). The molecule has 0 spiro atoms. The van der Waals surface area contributed by atoms with Crippen molar-refractivity contribution >= 4 is 33.2 Å². The first-order valence-electron chi connectivity index (χ1n) is 8.51. The van der Waals surface area contributed by atoms with Crippen LogP contribution in [0.25, 0.3) is 5.69 Å². The maximum absolute atomic E-state index is 13.4. The number of hydrogen-bond donors (Lipinski definition) is 1. The Morgan fingerprint density at radius 1 is 1.24 bits per heavy atom. The molecule has 1 amide bonds. The SMILES string of the molecule is CS(=O)(=O)N(CC(=O)NCc1ccc(-n2ccnc2)cc1)c1ccc(F)c(Cl)c1. The highest BCUT2D eigenvalue weighted by Gasteiger charge is 2.21. The molecule has 10 heteroatoms. The molecule has 1 N–H and O–H groups in total. The number of anilines is 1. The molecule has 0 bridgehead atoms. The predicted molar refractivity (Wildman–Crippen MR) is 109 cm³/mol. The number of nitrogens with one attached hydrogen (secondary N) is 1. The van der Waals surface area contributed by atoms with Gasteiger partial charge in [0, 0.05) is 24.6 Å². The van der Waals surface area contributed by atoms with E-state index >= 15 is 0 Å². The first-order chi connectivity index (χ1) is 13.7. The summed E-state index contributed by atoms with van der Waals surface area (Å²) in [5.74, 6) is -1.18. The van der Waals surface area contributed by atoms with E-state index in [0.29, 0.717) is 0 Å². The lowest BCUT2D eigenvalue weighted by molar-refractivity contribution is -0.119. The Hall–Kier alpha value is -2.91. The Labute approximate surface area is 172 Å². The van der Waals surface area contributed by atoms with Crippen molar-refractivity contribution in [3.63, 3.8) is 0 Å². The lowest BCUT2D eigenvalue weighted by Crippen LogP contribution is -2.40. The number of rotatable bonds is 7. The van der Waals surface area contributed by atoms with Crippen molar-refractivity contribution in [2.75, 3.05) is 17.1 Å². The fourth-order valence-corrected chi connectivity index (χ4v) is 3.65. The number of carbonyl (C=O) groups is 1. The van der Waals surface area contributed by atoms with Crippen molar-refractivity contribution in [3.05, 3.63) is 77.6 Å². The zero-order chi connectivity index (χ0) is 21.0. The quantitative estimate of drug-likeness (QED) is 0.617. The molecule has 0 aliphatic carbocycles. The number of aromatic nitrogens is 2. The van der Waals surface area contributed by atoms with E-state index in [1.54, 1.807) is 12.5 Å². The molecule has 0 unspecified atom stereocenters. The average Bonchev–Trinajstić information content (AvgIpc) is 3.21. The van der Waals surface area contributed by atoms with Crippen LogP contribution in [-0.2, 0) is 21.4 Å². The largest absolute Gasteiger partial charge is 0.350 e. The van der Waals surface area contributed by atoms with Crippen LogP contribution in [0.2, 0.25) is 5.02 Å². The van der Waals surface area contributed by atoms with Gasteiger partial charge in [0.25, 0.3) is 0 Å². The van der Waals surface area contributed by atoms with Gasteiger partial charge in [0.05, 0.1) is 23.3 Å². The summed E-state index contributed by atoms with van der Waals surface area (Å²) >= 11 is 5.73. The number of imidazole rings is 1. The zero-order valence-electron chi connectivity index (χ0n) is 15.4. The molecule has 152 valence electrons. The van der Waals surface area contributed by atoms with E-state index in [4.69, 9.17) is 11.6 Å². The molecule has 0 radical (unpaired) electrons. The van der Waals surface area contributed by atoms with Crippen LogP contribution in [0.5, 0.6) is 0 Å². The zero-order valence-corrected chi connectivity index (χ0v) is 17.0.